The van der Waals surface area contributed by atoms with Crippen LogP contribution >= 0.6 is 0 Å². The van der Waals surface area contributed by atoms with Crippen LogP contribution < -0.4 is 10.2 Å². The monoisotopic (exact) mass is 333 g/mol. The van der Waals surface area contributed by atoms with Crippen LogP contribution in [0, 0.1) is 5.92 Å². The van der Waals surface area contributed by atoms with Crippen molar-refractivity contribution < 1.29 is 9.90 Å². The Kier molecular flexibility index (Phi) is 7.53. The Hall–Kier alpha value is -1.59. The summed E-state index contributed by atoms with van der Waals surface area (Å²) in [5.41, 5.74) is 1.29. The van der Waals surface area contributed by atoms with Gasteiger partial charge in [0.2, 0.25) is 5.91 Å². The number of aliphatic hydroxyl groups excluding tert-OH is 1. The van der Waals surface area contributed by atoms with Gasteiger partial charge in [-0.2, -0.15) is 0 Å². The minimum Gasteiger partial charge on any atom is -0.391 e. The van der Waals surface area contributed by atoms with Crippen molar-refractivity contribution in [2.45, 2.75) is 32.8 Å². The lowest BCUT2D eigenvalue weighted by Crippen LogP contribution is -2.46. The van der Waals surface area contributed by atoms with Gasteiger partial charge in [-0.3, -0.25) is 9.69 Å². The number of benzene rings is 1. The molecule has 5 heteroatoms. The van der Waals surface area contributed by atoms with Crippen molar-refractivity contribution >= 4 is 11.6 Å². The van der Waals surface area contributed by atoms with Crippen LogP contribution in [0.15, 0.2) is 30.3 Å². The maximum Gasteiger partial charge on any atom is 0.220 e. The van der Waals surface area contributed by atoms with Gasteiger partial charge < -0.3 is 15.3 Å². The second kappa shape index (κ2) is 9.64. The highest BCUT2D eigenvalue weighted by Crippen LogP contribution is 2.15. The van der Waals surface area contributed by atoms with E-state index in [1.54, 1.807) is 0 Å². The van der Waals surface area contributed by atoms with Gasteiger partial charge in [0.25, 0.3) is 0 Å². The molecule has 0 spiro atoms. The van der Waals surface area contributed by atoms with Gasteiger partial charge in [0.05, 0.1) is 6.10 Å². The van der Waals surface area contributed by atoms with Crippen molar-refractivity contribution in [3.05, 3.63) is 30.3 Å². The SMILES string of the molecule is CC(C)C(O)CNC(=O)CCCN1CCN(c2ccccc2)CC1. The maximum atomic E-state index is 11.8. The molecule has 2 N–H and O–H groups in total. The third-order valence-corrected chi connectivity index (χ3v) is 4.65. The fraction of sp³-hybridized carbons (Fsp3) is 0.632. The van der Waals surface area contributed by atoms with Gasteiger partial charge >= 0.3 is 0 Å². The minimum absolute atomic E-state index is 0.0395. The van der Waals surface area contributed by atoms with Crippen LogP contribution in [0.1, 0.15) is 26.7 Å². The zero-order chi connectivity index (χ0) is 17.4. The molecular formula is C19H31N3O2. The van der Waals surface area contributed by atoms with E-state index in [2.05, 4.69) is 39.4 Å². The second-order valence-corrected chi connectivity index (χ2v) is 6.88. The molecule has 0 radical (unpaired) electrons. The molecule has 0 aromatic heterocycles. The second-order valence-electron chi connectivity index (χ2n) is 6.88. The van der Waals surface area contributed by atoms with Crippen molar-refractivity contribution in [1.82, 2.24) is 10.2 Å². The van der Waals surface area contributed by atoms with Crippen LogP contribution in [0.4, 0.5) is 5.69 Å². The number of nitrogens with one attached hydrogen (secondary N) is 1. The standard InChI is InChI=1S/C19H31N3O2/c1-16(2)18(23)15-20-19(24)9-6-10-21-11-13-22(14-12-21)17-7-4-3-5-8-17/h3-5,7-8,16,18,23H,6,9-15H2,1-2H3,(H,20,24). The number of nitrogens with zero attached hydrogens (tertiary/aromatic N) is 2. The van der Waals surface area contributed by atoms with Crippen LogP contribution in [0.5, 0.6) is 0 Å². The van der Waals surface area contributed by atoms with E-state index in [0.717, 1.165) is 39.1 Å². The summed E-state index contributed by atoms with van der Waals surface area (Å²) in [4.78, 5) is 16.6. The summed E-state index contributed by atoms with van der Waals surface area (Å²) in [6.07, 6.45) is 0.943. The number of hydrogen-bond donors (Lipinski definition) is 2. The molecule has 1 unspecified atom stereocenters. The Morgan fingerprint density at radius 3 is 2.46 bits per heavy atom. The Bertz CT molecular complexity index is 485. The third kappa shape index (κ3) is 6.13. The van der Waals surface area contributed by atoms with E-state index in [4.69, 9.17) is 0 Å². The summed E-state index contributed by atoms with van der Waals surface area (Å²) in [5.74, 6) is 0.212. The van der Waals surface area contributed by atoms with Gasteiger partial charge in [-0.15, -0.1) is 0 Å². The van der Waals surface area contributed by atoms with E-state index in [1.807, 2.05) is 19.9 Å². The Morgan fingerprint density at radius 2 is 1.83 bits per heavy atom. The average molecular weight is 333 g/mol. The number of rotatable bonds is 8. The summed E-state index contributed by atoms with van der Waals surface area (Å²) in [6, 6.07) is 10.5. The Morgan fingerprint density at radius 1 is 1.17 bits per heavy atom. The van der Waals surface area contributed by atoms with Crippen LogP contribution in [-0.2, 0) is 4.79 Å². The largest absolute Gasteiger partial charge is 0.391 e. The highest BCUT2D eigenvalue weighted by molar-refractivity contribution is 5.75. The molecule has 1 amide bonds. The first-order valence-corrected chi connectivity index (χ1v) is 9.03. The lowest BCUT2D eigenvalue weighted by Gasteiger charge is -2.36. The van der Waals surface area contributed by atoms with Gasteiger partial charge in [0, 0.05) is 44.8 Å². The first-order chi connectivity index (χ1) is 11.6. The predicted molar refractivity (Wildman–Crippen MR) is 98.2 cm³/mol. The third-order valence-electron chi connectivity index (χ3n) is 4.65. The molecule has 1 aromatic rings. The fourth-order valence-corrected chi connectivity index (χ4v) is 2.87. The first-order valence-electron chi connectivity index (χ1n) is 9.03. The van der Waals surface area contributed by atoms with E-state index >= 15 is 0 Å². The highest BCUT2D eigenvalue weighted by atomic mass is 16.3. The van der Waals surface area contributed by atoms with Crippen molar-refractivity contribution in [3.8, 4) is 0 Å². The van der Waals surface area contributed by atoms with Crippen molar-refractivity contribution in [1.29, 1.82) is 0 Å². The molecule has 1 aliphatic rings. The molecule has 1 fully saturated rings. The smallest absolute Gasteiger partial charge is 0.220 e. The number of piperazine rings is 1. The van der Waals surface area contributed by atoms with E-state index in [9.17, 15) is 9.90 Å². The molecule has 0 aliphatic carbocycles. The summed E-state index contributed by atoms with van der Waals surface area (Å²) >= 11 is 0. The molecule has 1 heterocycles. The van der Waals surface area contributed by atoms with Gasteiger partial charge in [-0.25, -0.2) is 0 Å². The number of para-hydroxylation sites is 1. The zero-order valence-corrected chi connectivity index (χ0v) is 14.9. The average Bonchev–Trinajstić information content (AvgIpc) is 2.61. The molecule has 1 aliphatic heterocycles. The van der Waals surface area contributed by atoms with Crippen LogP contribution in [0.3, 0.4) is 0 Å². The maximum absolute atomic E-state index is 11.8. The van der Waals surface area contributed by atoms with Crippen LogP contribution in [0.2, 0.25) is 0 Å². The molecule has 24 heavy (non-hydrogen) atoms. The van der Waals surface area contributed by atoms with Crippen molar-refractivity contribution in [3.63, 3.8) is 0 Å². The van der Waals surface area contributed by atoms with E-state index in [0.29, 0.717) is 13.0 Å². The number of amides is 1. The van der Waals surface area contributed by atoms with Crippen LogP contribution in [0.25, 0.3) is 0 Å². The van der Waals surface area contributed by atoms with Gasteiger partial charge in [0.1, 0.15) is 0 Å². The topological polar surface area (TPSA) is 55.8 Å². The number of anilines is 1. The number of carbonyl (C=O) groups excluding carboxylic acids is 1. The molecule has 134 valence electrons. The Balaban J connectivity index is 1.58. The zero-order valence-electron chi connectivity index (χ0n) is 14.9. The Labute approximate surface area is 145 Å². The molecule has 0 bridgehead atoms. The molecule has 0 saturated carbocycles. The summed E-state index contributed by atoms with van der Waals surface area (Å²) in [5, 5.41) is 12.5. The summed E-state index contributed by atoms with van der Waals surface area (Å²) < 4.78 is 0. The van der Waals surface area contributed by atoms with Gasteiger partial charge in [-0.1, -0.05) is 32.0 Å². The molecular weight excluding hydrogens is 302 g/mol. The number of carbonyl (C=O) groups is 1. The molecule has 1 aromatic carbocycles. The fourth-order valence-electron chi connectivity index (χ4n) is 2.87. The van der Waals surface area contributed by atoms with Crippen molar-refractivity contribution in [2.24, 2.45) is 5.92 Å². The van der Waals surface area contributed by atoms with E-state index in [-0.39, 0.29) is 11.8 Å². The van der Waals surface area contributed by atoms with Gasteiger partial charge in [0.15, 0.2) is 0 Å². The molecule has 2 rings (SSSR count). The molecule has 1 atom stereocenters. The van der Waals surface area contributed by atoms with E-state index in [1.165, 1.54) is 5.69 Å². The molecule has 5 nitrogen and oxygen atoms in total. The normalized spacial score (nSPS) is 17.1. The first kappa shape index (κ1) is 18.7. The van der Waals surface area contributed by atoms with Gasteiger partial charge in [-0.05, 0) is 31.0 Å². The van der Waals surface area contributed by atoms with Crippen LogP contribution in [-0.4, -0.2) is 61.3 Å². The number of hydrogen-bond acceptors (Lipinski definition) is 4. The molecule has 1 saturated heterocycles. The van der Waals surface area contributed by atoms with Crippen molar-refractivity contribution in [2.75, 3.05) is 44.2 Å². The summed E-state index contributed by atoms with van der Waals surface area (Å²) in [7, 11) is 0. The highest BCUT2D eigenvalue weighted by Gasteiger charge is 2.17. The minimum atomic E-state index is -0.458. The quantitative estimate of drug-likeness (QED) is 0.761. The predicted octanol–water partition coefficient (Wildman–Crippen LogP) is 1.72. The summed E-state index contributed by atoms with van der Waals surface area (Å²) in [6.45, 7) is 9.38. The lowest BCUT2D eigenvalue weighted by atomic mass is 10.1. The lowest BCUT2D eigenvalue weighted by molar-refractivity contribution is -0.121. The number of aliphatic hydroxyl groups is 1. The van der Waals surface area contributed by atoms with E-state index < -0.39 is 6.10 Å².